The highest BCUT2D eigenvalue weighted by molar-refractivity contribution is 5.89. The van der Waals surface area contributed by atoms with Gasteiger partial charge >= 0.3 is 0 Å². The lowest BCUT2D eigenvalue weighted by atomic mass is 9.91. The number of hydrogen-bond acceptors (Lipinski definition) is 3. The molecule has 0 bridgehead atoms. The van der Waals surface area contributed by atoms with Gasteiger partial charge in [-0.15, -0.1) is 0 Å². The van der Waals surface area contributed by atoms with E-state index < -0.39 is 6.04 Å². The molecule has 2 aliphatic heterocycles. The Morgan fingerprint density at radius 3 is 2.43 bits per heavy atom. The molecular weight excluding hydrogens is 374 g/mol. The van der Waals surface area contributed by atoms with Gasteiger partial charge in [0.2, 0.25) is 11.8 Å². The molecule has 0 aliphatic carbocycles. The molecule has 0 spiro atoms. The average molecular weight is 406 g/mol. The van der Waals surface area contributed by atoms with E-state index >= 15 is 0 Å². The average Bonchev–Trinajstić information content (AvgIpc) is 2.82. The Labute approximate surface area is 179 Å². The fraction of sp³-hybridized carbons (Fsp3) is 0.440. The standard InChI is InChI=1S/C25H31N3O2/c1-2-23(29)28-17-14-20-8-4-5-9-22(20)24(28)25(30)26-18-19-10-12-21(13-11-19)27-15-6-3-7-16-27/h4-5,8-13,24H,2-3,6-7,14-18H2,1H3,(H,26,30). The highest BCUT2D eigenvalue weighted by Gasteiger charge is 2.34. The number of carbonyl (C=O) groups excluding carboxylic acids is 2. The molecule has 5 heteroatoms. The molecule has 1 unspecified atom stereocenters. The molecule has 2 aromatic rings. The number of benzene rings is 2. The summed E-state index contributed by atoms with van der Waals surface area (Å²) < 4.78 is 0. The topological polar surface area (TPSA) is 52.7 Å². The third kappa shape index (κ3) is 4.35. The zero-order valence-electron chi connectivity index (χ0n) is 17.8. The molecular formula is C25H31N3O2. The summed E-state index contributed by atoms with van der Waals surface area (Å²) in [5, 5.41) is 3.07. The fourth-order valence-electron chi connectivity index (χ4n) is 4.58. The van der Waals surface area contributed by atoms with Gasteiger partial charge in [0.1, 0.15) is 6.04 Å². The summed E-state index contributed by atoms with van der Waals surface area (Å²) in [5.74, 6) is -0.0837. The molecule has 1 atom stereocenters. The molecule has 1 fully saturated rings. The molecule has 2 aliphatic rings. The molecule has 1 saturated heterocycles. The second-order valence-electron chi connectivity index (χ2n) is 8.22. The lowest BCUT2D eigenvalue weighted by Crippen LogP contribution is -2.46. The van der Waals surface area contributed by atoms with Gasteiger partial charge in [-0.1, -0.05) is 43.3 Å². The zero-order valence-corrected chi connectivity index (χ0v) is 17.8. The van der Waals surface area contributed by atoms with Gasteiger partial charge < -0.3 is 15.1 Å². The number of amides is 2. The summed E-state index contributed by atoms with van der Waals surface area (Å²) >= 11 is 0. The van der Waals surface area contributed by atoms with Crippen LogP contribution in [0.25, 0.3) is 0 Å². The van der Waals surface area contributed by atoms with E-state index in [9.17, 15) is 9.59 Å². The van der Waals surface area contributed by atoms with Crippen molar-refractivity contribution < 1.29 is 9.59 Å². The van der Waals surface area contributed by atoms with E-state index in [0.29, 0.717) is 19.5 Å². The van der Waals surface area contributed by atoms with Gasteiger partial charge in [0.15, 0.2) is 0 Å². The van der Waals surface area contributed by atoms with Crippen LogP contribution in [0.1, 0.15) is 55.3 Å². The minimum Gasteiger partial charge on any atom is -0.372 e. The van der Waals surface area contributed by atoms with Gasteiger partial charge in [-0.05, 0) is 54.5 Å². The maximum atomic E-state index is 13.2. The molecule has 30 heavy (non-hydrogen) atoms. The summed E-state index contributed by atoms with van der Waals surface area (Å²) in [6.45, 7) is 5.15. The number of fused-ring (bicyclic) bond motifs is 1. The molecule has 1 N–H and O–H groups in total. The molecule has 158 valence electrons. The predicted octanol–water partition coefficient (Wildman–Crippen LogP) is 3.83. The van der Waals surface area contributed by atoms with E-state index in [1.165, 1.54) is 24.9 Å². The number of piperidine rings is 1. The molecule has 0 aromatic heterocycles. The zero-order chi connectivity index (χ0) is 20.9. The quantitative estimate of drug-likeness (QED) is 0.823. The smallest absolute Gasteiger partial charge is 0.247 e. The second-order valence-corrected chi connectivity index (χ2v) is 8.22. The fourth-order valence-corrected chi connectivity index (χ4v) is 4.58. The summed E-state index contributed by atoms with van der Waals surface area (Å²) in [7, 11) is 0. The maximum Gasteiger partial charge on any atom is 0.247 e. The van der Waals surface area contributed by atoms with Crippen LogP contribution >= 0.6 is 0 Å². The Morgan fingerprint density at radius 1 is 0.967 bits per heavy atom. The van der Waals surface area contributed by atoms with Crippen molar-refractivity contribution in [2.45, 2.75) is 51.6 Å². The first-order valence-electron chi connectivity index (χ1n) is 11.2. The second kappa shape index (κ2) is 9.33. The van der Waals surface area contributed by atoms with E-state index in [4.69, 9.17) is 0 Å². The minimum absolute atomic E-state index is 0.0236. The highest BCUT2D eigenvalue weighted by Crippen LogP contribution is 2.30. The lowest BCUT2D eigenvalue weighted by molar-refractivity contribution is -0.141. The van der Waals surface area contributed by atoms with Crippen LogP contribution in [0.2, 0.25) is 0 Å². The predicted molar refractivity (Wildman–Crippen MR) is 119 cm³/mol. The Bertz CT molecular complexity index is 888. The maximum absolute atomic E-state index is 13.2. The van der Waals surface area contributed by atoms with E-state index in [1.54, 1.807) is 4.90 Å². The number of anilines is 1. The Kier molecular flexibility index (Phi) is 6.36. The summed E-state index contributed by atoms with van der Waals surface area (Å²) in [6, 6.07) is 15.9. The van der Waals surface area contributed by atoms with E-state index in [0.717, 1.165) is 36.2 Å². The number of carbonyl (C=O) groups is 2. The van der Waals surface area contributed by atoms with Crippen molar-refractivity contribution in [3.63, 3.8) is 0 Å². The molecule has 2 heterocycles. The first-order chi connectivity index (χ1) is 14.7. The Hall–Kier alpha value is -2.82. The van der Waals surface area contributed by atoms with E-state index in [1.807, 2.05) is 25.1 Å². The molecule has 5 nitrogen and oxygen atoms in total. The monoisotopic (exact) mass is 405 g/mol. The molecule has 0 radical (unpaired) electrons. The van der Waals surface area contributed by atoms with Crippen LogP contribution < -0.4 is 10.2 Å². The Balaban J connectivity index is 1.45. The molecule has 0 saturated carbocycles. The van der Waals surface area contributed by atoms with Crippen LogP contribution in [-0.4, -0.2) is 36.3 Å². The van der Waals surface area contributed by atoms with Gasteiger partial charge in [-0.3, -0.25) is 9.59 Å². The third-order valence-electron chi connectivity index (χ3n) is 6.28. The van der Waals surface area contributed by atoms with Crippen LogP contribution in [0.15, 0.2) is 48.5 Å². The minimum atomic E-state index is -0.546. The Morgan fingerprint density at radius 2 is 1.70 bits per heavy atom. The van der Waals surface area contributed by atoms with Crippen molar-refractivity contribution >= 4 is 17.5 Å². The van der Waals surface area contributed by atoms with Gasteiger partial charge in [0, 0.05) is 38.3 Å². The van der Waals surface area contributed by atoms with Crippen molar-refractivity contribution in [3.05, 3.63) is 65.2 Å². The SMILES string of the molecule is CCC(=O)N1CCc2ccccc2C1C(=O)NCc1ccc(N2CCCCC2)cc1. The van der Waals surface area contributed by atoms with Gasteiger partial charge in [-0.2, -0.15) is 0 Å². The van der Waals surface area contributed by atoms with Crippen LogP contribution in [0.5, 0.6) is 0 Å². The largest absolute Gasteiger partial charge is 0.372 e. The van der Waals surface area contributed by atoms with Crippen molar-refractivity contribution in [3.8, 4) is 0 Å². The summed E-state index contributed by atoms with van der Waals surface area (Å²) in [4.78, 5) is 29.8. The van der Waals surface area contributed by atoms with Crippen molar-refractivity contribution in [2.24, 2.45) is 0 Å². The number of hydrogen-bond donors (Lipinski definition) is 1. The van der Waals surface area contributed by atoms with Gasteiger partial charge in [-0.25, -0.2) is 0 Å². The van der Waals surface area contributed by atoms with Crippen LogP contribution in [0, 0.1) is 0 Å². The number of nitrogens with one attached hydrogen (secondary N) is 1. The lowest BCUT2D eigenvalue weighted by Gasteiger charge is -2.36. The molecule has 2 amide bonds. The summed E-state index contributed by atoms with van der Waals surface area (Å²) in [6.07, 6.45) is 5.04. The first kappa shape index (κ1) is 20.5. The van der Waals surface area contributed by atoms with E-state index in [2.05, 4.69) is 40.5 Å². The number of nitrogens with zero attached hydrogens (tertiary/aromatic N) is 2. The first-order valence-corrected chi connectivity index (χ1v) is 11.2. The van der Waals surface area contributed by atoms with E-state index in [-0.39, 0.29) is 11.8 Å². The van der Waals surface area contributed by atoms with Crippen LogP contribution in [-0.2, 0) is 22.6 Å². The van der Waals surface area contributed by atoms with Crippen molar-refractivity contribution in [1.29, 1.82) is 0 Å². The van der Waals surface area contributed by atoms with Gasteiger partial charge in [0.25, 0.3) is 0 Å². The van der Waals surface area contributed by atoms with Crippen LogP contribution in [0.4, 0.5) is 5.69 Å². The van der Waals surface area contributed by atoms with Crippen LogP contribution in [0.3, 0.4) is 0 Å². The molecule has 2 aromatic carbocycles. The van der Waals surface area contributed by atoms with Crippen molar-refractivity contribution in [1.82, 2.24) is 10.2 Å². The highest BCUT2D eigenvalue weighted by atomic mass is 16.2. The molecule has 4 rings (SSSR count). The van der Waals surface area contributed by atoms with Gasteiger partial charge in [0.05, 0.1) is 0 Å². The summed E-state index contributed by atoms with van der Waals surface area (Å²) in [5.41, 5.74) is 4.43. The number of rotatable bonds is 5. The normalized spacial score (nSPS) is 18.6. The van der Waals surface area contributed by atoms with Crippen molar-refractivity contribution in [2.75, 3.05) is 24.5 Å². The third-order valence-corrected chi connectivity index (χ3v) is 6.28.